The van der Waals surface area contributed by atoms with Crippen LogP contribution in [0.1, 0.15) is 103 Å². The molecule has 8 atom stereocenters. The highest BCUT2D eigenvalue weighted by atomic mass is 16.2. The molecule has 0 radical (unpaired) electrons. The van der Waals surface area contributed by atoms with E-state index in [9.17, 15) is 5.11 Å². The smallest absolute Gasteiger partial charge is 0.0564 e. The molecule has 4 aliphatic carbocycles. The highest BCUT2D eigenvalue weighted by molar-refractivity contribution is 5.09. The van der Waals surface area contributed by atoms with Gasteiger partial charge >= 0.3 is 0 Å². The van der Waals surface area contributed by atoms with Crippen molar-refractivity contribution in [2.24, 2.45) is 46.3 Å². The molecule has 144 valence electrons. The van der Waals surface area contributed by atoms with E-state index in [2.05, 4.69) is 20.8 Å². The normalized spacial score (nSPS) is 54.2. The molecule has 1 N–H and O–H groups in total. The van der Waals surface area contributed by atoms with Crippen LogP contribution in [0.15, 0.2) is 0 Å². The summed E-state index contributed by atoms with van der Waals surface area (Å²) in [5.41, 5.74) is 0.813. The van der Waals surface area contributed by atoms with Gasteiger partial charge in [-0.2, -0.15) is 0 Å². The zero-order valence-electron chi connectivity index (χ0n) is 20.7. The second-order valence-corrected chi connectivity index (χ2v) is 10.6. The third-order valence-corrected chi connectivity index (χ3v) is 9.85. The number of hydrogen-bond acceptors (Lipinski definition) is 1. The van der Waals surface area contributed by atoms with Crippen molar-refractivity contribution in [2.75, 3.05) is 6.56 Å². The molecular formula is C24H42O. The molecule has 0 saturated heterocycles. The summed E-state index contributed by atoms with van der Waals surface area (Å²) in [6.07, 6.45) is 11.4. The van der Waals surface area contributed by atoms with Gasteiger partial charge in [-0.3, -0.25) is 0 Å². The van der Waals surface area contributed by atoms with Crippen LogP contribution in [-0.2, 0) is 0 Å². The fourth-order valence-electron chi connectivity index (χ4n) is 8.62. The predicted octanol–water partition coefficient (Wildman–Crippen LogP) is 6.44. The van der Waals surface area contributed by atoms with Crippen molar-refractivity contribution >= 4 is 0 Å². The predicted molar refractivity (Wildman–Crippen MR) is 105 cm³/mol. The second kappa shape index (κ2) is 6.84. The Hall–Kier alpha value is -0.0400. The molecule has 1 heteroatoms. The topological polar surface area (TPSA) is 20.2 Å². The molecule has 4 rings (SSSR count). The number of fused-ring (bicyclic) bond motifs is 5. The van der Waals surface area contributed by atoms with Gasteiger partial charge in [0.1, 0.15) is 0 Å². The van der Waals surface area contributed by atoms with E-state index in [0.717, 1.165) is 30.1 Å². The van der Waals surface area contributed by atoms with Crippen LogP contribution < -0.4 is 0 Å². The summed E-state index contributed by atoms with van der Waals surface area (Å²) in [6, 6.07) is 0. The van der Waals surface area contributed by atoms with Crippen molar-refractivity contribution in [3.05, 3.63) is 0 Å². The van der Waals surface area contributed by atoms with Crippen LogP contribution in [-0.4, -0.2) is 11.7 Å². The largest absolute Gasteiger partial charge is 0.396 e. The van der Waals surface area contributed by atoms with Gasteiger partial charge in [-0.1, -0.05) is 33.6 Å². The molecule has 0 aromatic carbocycles. The summed E-state index contributed by atoms with van der Waals surface area (Å²) in [5.74, 6) is 3.96. The minimum atomic E-state index is -2.77. The summed E-state index contributed by atoms with van der Waals surface area (Å²) in [6.45, 7) is 4.42. The minimum absolute atomic E-state index is 0.0976. The maximum Gasteiger partial charge on any atom is 0.0564 e. The molecule has 0 heterocycles. The van der Waals surface area contributed by atoms with E-state index in [1.54, 1.807) is 0 Å². The van der Waals surface area contributed by atoms with Crippen molar-refractivity contribution in [1.82, 2.24) is 0 Å². The van der Waals surface area contributed by atoms with Gasteiger partial charge in [-0.25, -0.2) is 0 Å². The van der Waals surface area contributed by atoms with Crippen LogP contribution in [0.4, 0.5) is 0 Å². The first-order chi connectivity index (χ1) is 13.4. The molecule has 0 aromatic rings. The van der Waals surface area contributed by atoms with Crippen LogP contribution in [0.2, 0.25) is 0 Å². The SMILES string of the molecule is [2H]C([2H])(O)C([2H])([2H])C[C@@H](C)[C@H]1CC[C@H]2[C@@H]3CCC4CCCC[C@]4(C)[C@H]3CC[C@]12C. The lowest BCUT2D eigenvalue weighted by atomic mass is 9.44. The Bertz CT molecular complexity index is 616. The summed E-state index contributed by atoms with van der Waals surface area (Å²) in [7, 11) is 0. The van der Waals surface area contributed by atoms with Crippen LogP contribution >= 0.6 is 0 Å². The van der Waals surface area contributed by atoms with E-state index in [1.165, 1.54) is 57.8 Å². The first-order valence-electron chi connectivity index (χ1n) is 13.1. The van der Waals surface area contributed by atoms with Gasteiger partial charge in [0.05, 0.1) is 2.74 Å². The van der Waals surface area contributed by atoms with Crippen molar-refractivity contribution in [3.63, 3.8) is 0 Å². The number of hydrogen-bond donors (Lipinski definition) is 1. The average Bonchev–Trinajstić information content (AvgIpc) is 2.97. The van der Waals surface area contributed by atoms with Gasteiger partial charge in [-0.05, 0) is 110 Å². The lowest BCUT2D eigenvalue weighted by Gasteiger charge is -2.61. The second-order valence-electron chi connectivity index (χ2n) is 10.6. The molecule has 1 nitrogen and oxygen atoms in total. The molecule has 0 amide bonds. The number of aliphatic hydroxyl groups is 1. The van der Waals surface area contributed by atoms with Gasteiger partial charge < -0.3 is 5.11 Å². The third-order valence-electron chi connectivity index (χ3n) is 9.85. The fraction of sp³-hybridized carbons (Fsp3) is 1.00. The fourth-order valence-corrected chi connectivity index (χ4v) is 8.62. The van der Waals surface area contributed by atoms with Crippen LogP contribution in [0, 0.1) is 46.3 Å². The molecule has 4 saturated carbocycles. The first-order valence-corrected chi connectivity index (χ1v) is 11.1. The van der Waals surface area contributed by atoms with E-state index >= 15 is 0 Å². The maximum absolute atomic E-state index is 9.68. The molecular weight excluding hydrogens is 304 g/mol. The third kappa shape index (κ3) is 2.82. The summed E-state index contributed by atoms with van der Waals surface area (Å²) in [5, 5.41) is 9.68. The van der Waals surface area contributed by atoms with Gasteiger partial charge in [0.15, 0.2) is 0 Å². The van der Waals surface area contributed by atoms with Crippen molar-refractivity contribution in [2.45, 2.75) is 97.8 Å². The van der Waals surface area contributed by atoms with Gasteiger partial charge in [-0.15, -0.1) is 0 Å². The Balaban J connectivity index is 1.52. The lowest BCUT2D eigenvalue weighted by molar-refractivity contribution is -0.114. The Kier molecular flexibility index (Phi) is 3.84. The lowest BCUT2D eigenvalue weighted by Crippen LogP contribution is -2.53. The highest BCUT2D eigenvalue weighted by Gasteiger charge is 2.59. The van der Waals surface area contributed by atoms with E-state index in [1.807, 2.05) is 0 Å². The molecule has 0 spiro atoms. The van der Waals surface area contributed by atoms with Crippen molar-refractivity contribution in [1.29, 1.82) is 0 Å². The summed E-state index contributed by atoms with van der Waals surface area (Å²) < 4.78 is 31.2. The Morgan fingerprint density at radius 1 is 0.960 bits per heavy atom. The van der Waals surface area contributed by atoms with Gasteiger partial charge in [0.2, 0.25) is 0 Å². The van der Waals surface area contributed by atoms with Crippen molar-refractivity contribution < 1.29 is 10.6 Å². The Morgan fingerprint density at radius 3 is 2.56 bits per heavy atom. The minimum Gasteiger partial charge on any atom is -0.396 e. The monoisotopic (exact) mass is 350 g/mol. The quantitative estimate of drug-likeness (QED) is 0.618. The zero-order chi connectivity index (χ0) is 21.2. The molecule has 0 bridgehead atoms. The van der Waals surface area contributed by atoms with E-state index in [-0.39, 0.29) is 17.8 Å². The van der Waals surface area contributed by atoms with Crippen LogP contribution in [0.5, 0.6) is 0 Å². The maximum atomic E-state index is 9.68. The van der Waals surface area contributed by atoms with E-state index in [4.69, 9.17) is 5.48 Å². The Morgan fingerprint density at radius 2 is 1.76 bits per heavy atom. The molecule has 1 unspecified atom stereocenters. The van der Waals surface area contributed by atoms with E-state index < -0.39 is 12.9 Å². The van der Waals surface area contributed by atoms with Crippen molar-refractivity contribution in [3.8, 4) is 0 Å². The zero-order valence-corrected chi connectivity index (χ0v) is 16.7. The Labute approximate surface area is 162 Å². The molecule has 25 heavy (non-hydrogen) atoms. The average molecular weight is 351 g/mol. The molecule has 0 aromatic heterocycles. The van der Waals surface area contributed by atoms with Crippen LogP contribution in [0.3, 0.4) is 0 Å². The van der Waals surface area contributed by atoms with Gasteiger partial charge in [0.25, 0.3) is 0 Å². The molecule has 4 fully saturated rings. The van der Waals surface area contributed by atoms with E-state index in [0.29, 0.717) is 11.3 Å². The highest BCUT2D eigenvalue weighted by Crippen LogP contribution is 2.68. The molecule has 0 aliphatic heterocycles. The van der Waals surface area contributed by atoms with Gasteiger partial charge in [0, 0.05) is 9.30 Å². The number of rotatable bonds is 4. The summed E-state index contributed by atoms with van der Waals surface area (Å²) in [4.78, 5) is 0. The summed E-state index contributed by atoms with van der Waals surface area (Å²) >= 11 is 0. The first kappa shape index (κ1) is 14.0. The molecule has 4 aliphatic rings. The van der Waals surface area contributed by atoms with Crippen LogP contribution in [0.25, 0.3) is 0 Å². The standard InChI is InChI=1S/C24H42O/c1-17(7-6-16-25)20-11-12-21-19-10-9-18-8-4-5-14-23(18,2)22(19)13-15-24(20,21)3/h17-22,25H,4-16H2,1-3H3/t17-,18?,19+,20-,21+,22+,23+,24-/m1/s1/i6D2,16D2.